The van der Waals surface area contributed by atoms with Gasteiger partial charge in [0.15, 0.2) is 0 Å². The van der Waals surface area contributed by atoms with Crippen molar-refractivity contribution in [2.75, 3.05) is 0 Å². The Kier molecular flexibility index (Phi) is 3.31. The number of hydrogen-bond donors (Lipinski definition) is 1. The van der Waals surface area contributed by atoms with Crippen LogP contribution in [0, 0.1) is 0 Å². The molecule has 4 aromatic rings. The molecule has 2 aromatic heterocycles. The Morgan fingerprint density at radius 1 is 0.913 bits per heavy atom. The summed E-state index contributed by atoms with van der Waals surface area (Å²) in [6.07, 6.45) is 5.97. The normalized spacial score (nSPS) is 11.0. The van der Waals surface area contributed by atoms with Crippen LogP contribution in [0.2, 0.25) is 0 Å². The van der Waals surface area contributed by atoms with Gasteiger partial charge in [-0.3, -0.25) is 4.98 Å². The molecule has 0 radical (unpaired) electrons. The number of hydrogen-bond acceptors (Lipinski definition) is 3. The van der Waals surface area contributed by atoms with Crippen LogP contribution in [0.25, 0.3) is 21.9 Å². The molecule has 0 aliphatic carbocycles. The highest BCUT2D eigenvalue weighted by Crippen LogP contribution is 2.25. The van der Waals surface area contributed by atoms with Gasteiger partial charge in [0.25, 0.3) is 0 Å². The van der Waals surface area contributed by atoms with Crippen molar-refractivity contribution in [2.24, 2.45) is 0 Å². The fourth-order valence-electron chi connectivity index (χ4n) is 2.81. The number of pyridine rings is 1. The van der Waals surface area contributed by atoms with Crippen LogP contribution in [-0.2, 0) is 6.42 Å². The zero-order valence-corrected chi connectivity index (χ0v) is 12.4. The molecule has 3 nitrogen and oxygen atoms in total. The molecule has 0 saturated heterocycles. The quantitative estimate of drug-likeness (QED) is 0.591. The smallest absolute Gasteiger partial charge is 0.116 e. The monoisotopic (exact) mass is 301 g/mol. The Hall–Kier alpha value is -3.07. The fraction of sp³-hybridized carbons (Fsp3) is 0.0500. The van der Waals surface area contributed by atoms with Gasteiger partial charge in [-0.25, -0.2) is 0 Å². The van der Waals surface area contributed by atoms with Crippen molar-refractivity contribution in [3.63, 3.8) is 0 Å². The third-order valence-corrected chi connectivity index (χ3v) is 4.01. The lowest BCUT2D eigenvalue weighted by Gasteiger charge is -2.07. The lowest BCUT2D eigenvalue weighted by atomic mass is 10.0. The minimum atomic E-state index is 0.277. The van der Waals surface area contributed by atoms with Gasteiger partial charge in [-0.15, -0.1) is 0 Å². The van der Waals surface area contributed by atoms with Gasteiger partial charge in [0.1, 0.15) is 5.75 Å². The zero-order chi connectivity index (χ0) is 15.6. The standard InChI is InChI=1S/C20H15NO2/c22-18-5-6-19-16(12-18)7-9-21-20(19)11-14-1-3-15(4-2-14)17-8-10-23-13-17/h1-10,12-13,22H,11H2. The van der Waals surface area contributed by atoms with Crippen LogP contribution >= 0.6 is 0 Å². The third kappa shape index (κ3) is 2.69. The number of nitrogens with zero attached hydrogens (tertiary/aromatic N) is 1. The van der Waals surface area contributed by atoms with Crippen LogP contribution in [0.4, 0.5) is 0 Å². The third-order valence-electron chi connectivity index (χ3n) is 4.01. The summed E-state index contributed by atoms with van der Waals surface area (Å²) in [6.45, 7) is 0. The summed E-state index contributed by atoms with van der Waals surface area (Å²) < 4.78 is 5.12. The van der Waals surface area contributed by atoms with E-state index in [-0.39, 0.29) is 5.75 Å². The predicted molar refractivity (Wildman–Crippen MR) is 90.4 cm³/mol. The van der Waals surface area contributed by atoms with E-state index < -0.39 is 0 Å². The molecule has 4 rings (SSSR count). The van der Waals surface area contributed by atoms with Crippen molar-refractivity contribution in [1.82, 2.24) is 4.98 Å². The second kappa shape index (κ2) is 5.61. The first-order valence-corrected chi connectivity index (χ1v) is 7.48. The van der Waals surface area contributed by atoms with Gasteiger partial charge < -0.3 is 9.52 Å². The molecule has 2 heterocycles. The van der Waals surface area contributed by atoms with Gasteiger partial charge in [-0.2, -0.15) is 0 Å². The molecule has 0 spiro atoms. The van der Waals surface area contributed by atoms with E-state index >= 15 is 0 Å². The number of aromatic hydroxyl groups is 1. The Morgan fingerprint density at radius 3 is 2.57 bits per heavy atom. The van der Waals surface area contributed by atoms with E-state index in [0.717, 1.165) is 34.0 Å². The second-order valence-electron chi connectivity index (χ2n) is 5.55. The van der Waals surface area contributed by atoms with E-state index in [1.54, 1.807) is 30.9 Å². The summed E-state index contributed by atoms with van der Waals surface area (Å²) in [7, 11) is 0. The van der Waals surface area contributed by atoms with Crippen LogP contribution in [-0.4, -0.2) is 10.1 Å². The summed E-state index contributed by atoms with van der Waals surface area (Å²) in [5.41, 5.74) is 4.43. The first kappa shape index (κ1) is 13.6. The van der Waals surface area contributed by atoms with Crippen molar-refractivity contribution in [3.05, 3.63) is 84.6 Å². The summed E-state index contributed by atoms with van der Waals surface area (Å²) in [6, 6.07) is 17.7. The van der Waals surface area contributed by atoms with Crippen molar-refractivity contribution in [3.8, 4) is 16.9 Å². The maximum atomic E-state index is 9.60. The molecule has 0 fully saturated rings. The van der Waals surface area contributed by atoms with Gasteiger partial charge in [0.05, 0.1) is 18.2 Å². The number of aromatic nitrogens is 1. The molecule has 2 aromatic carbocycles. The lowest BCUT2D eigenvalue weighted by molar-refractivity contribution is 0.476. The van der Waals surface area contributed by atoms with E-state index in [0.29, 0.717) is 0 Å². The highest BCUT2D eigenvalue weighted by molar-refractivity contribution is 5.85. The maximum Gasteiger partial charge on any atom is 0.116 e. The highest BCUT2D eigenvalue weighted by Gasteiger charge is 2.05. The molecule has 0 aliphatic heterocycles. The van der Waals surface area contributed by atoms with E-state index in [1.807, 2.05) is 18.2 Å². The van der Waals surface area contributed by atoms with Crippen LogP contribution in [0.15, 0.2) is 77.7 Å². The Balaban J connectivity index is 1.66. The van der Waals surface area contributed by atoms with Crippen LogP contribution in [0.1, 0.15) is 11.3 Å². The Bertz CT molecular complexity index is 941. The molecule has 112 valence electrons. The second-order valence-corrected chi connectivity index (χ2v) is 5.55. The molecule has 0 amide bonds. The summed E-state index contributed by atoms with van der Waals surface area (Å²) in [5, 5.41) is 11.7. The van der Waals surface area contributed by atoms with Gasteiger partial charge >= 0.3 is 0 Å². The SMILES string of the molecule is Oc1ccc2c(Cc3ccc(-c4ccoc4)cc3)nccc2c1. The minimum absolute atomic E-state index is 0.277. The predicted octanol–water partition coefficient (Wildman–Crippen LogP) is 4.79. The van der Waals surface area contributed by atoms with E-state index in [1.165, 1.54) is 5.56 Å². The largest absolute Gasteiger partial charge is 0.508 e. The Morgan fingerprint density at radius 2 is 1.78 bits per heavy atom. The number of phenolic OH excluding ortho intramolecular Hbond substituents is 1. The first-order valence-electron chi connectivity index (χ1n) is 7.48. The maximum absolute atomic E-state index is 9.60. The molecule has 3 heteroatoms. The van der Waals surface area contributed by atoms with Gasteiger partial charge in [-0.1, -0.05) is 24.3 Å². The number of furan rings is 1. The van der Waals surface area contributed by atoms with Gasteiger partial charge in [0, 0.05) is 23.6 Å². The van der Waals surface area contributed by atoms with Crippen molar-refractivity contribution in [2.45, 2.75) is 6.42 Å². The van der Waals surface area contributed by atoms with Crippen LogP contribution in [0.3, 0.4) is 0 Å². The van der Waals surface area contributed by atoms with Crippen molar-refractivity contribution in [1.29, 1.82) is 0 Å². The zero-order valence-electron chi connectivity index (χ0n) is 12.4. The lowest BCUT2D eigenvalue weighted by Crippen LogP contribution is -1.93. The Labute approximate surface area is 133 Å². The van der Waals surface area contributed by atoms with Crippen molar-refractivity contribution < 1.29 is 9.52 Å². The summed E-state index contributed by atoms with van der Waals surface area (Å²) in [5.74, 6) is 0.277. The van der Waals surface area contributed by atoms with Crippen LogP contribution in [0.5, 0.6) is 5.75 Å². The first-order chi connectivity index (χ1) is 11.3. The van der Waals surface area contributed by atoms with Gasteiger partial charge in [-0.05, 0) is 46.8 Å². The summed E-state index contributed by atoms with van der Waals surface area (Å²) in [4.78, 5) is 4.51. The molecule has 23 heavy (non-hydrogen) atoms. The molecule has 0 saturated carbocycles. The molecular weight excluding hydrogens is 286 g/mol. The number of rotatable bonds is 3. The topological polar surface area (TPSA) is 46.3 Å². The average Bonchev–Trinajstić information content (AvgIpc) is 3.10. The molecule has 0 aliphatic rings. The number of fused-ring (bicyclic) bond motifs is 1. The molecule has 0 bridgehead atoms. The molecule has 0 atom stereocenters. The number of phenols is 1. The van der Waals surface area contributed by atoms with Crippen LogP contribution < -0.4 is 0 Å². The highest BCUT2D eigenvalue weighted by atomic mass is 16.3. The number of benzene rings is 2. The average molecular weight is 301 g/mol. The van der Waals surface area contributed by atoms with E-state index in [9.17, 15) is 5.11 Å². The molecular formula is C20H15NO2. The molecule has 0 unspecified atom stereocenters. The van der Waals surface area contributed by atoms with Gasteiger partial charge in [0.2, 0.25) is 0 Å². The van der Waals surface area contributed by atoms with Crippen molar-refractivity contribution >= 4 is 10.8 Å². The fourth-order valence-corrected chi connectivity index (χ4v) is 2.81. The summed E-state index contributed by atoms with van der Waals surface area (Å²) >= 11 is 0. The molecule has 1 N–H and O–H groups in total. The van der Waals surface area contributed by atoms with E-state index in [2.05, 4.69) is 29.2 Å². The van der Waals surface area contributed by atoms with E-state index in [4.69, 9.17) is 4.42 Å². The minimum Gasteiger partial charge on any atom is -0.508 e.